The van der Waals surface area contributed by atoms with Gasteiger partial charge in [0.15, 0.2) is 10.3 Å². The Morgan fingerprint density at radius 1 is 1.22 bits per heavy atom. The zero-order chi connectivity index (χ0) is 17.6. The number of hydrogen-bond donors (Lipinski definition) is 0. The first-order chi connectivity index (χ1) is 10.4. The van der Waals surface area contributed by atoms with Crippen LogP contribution in [0, 0.1) is 11.6 Å². The molecule has 0 radical (unpaired) electrons. The van der Waals surface area contributed by atoms with Crippen molar-refractivity contribution in [1.82, 2.24) is 0 Å². The molecule has 0 spiro atoms. The van der Waals surface area contributed by atoms with Crippen LogP contribution in [0.4, 0.5) is 22.0 Å². The monoisotopic (exact) mass is 357 g/mol. The minimum atomic E-state index is -5.43. The van der Waals surface area contributed by atoms with Crippen LogP contribution in [-0.2, 0) is 14.7 Å². The number of benzene rings is 1. The van der Waals surface area contributed by atoms with Crippen LogP contribution in [0.15, 0.2) is 23.4 Å². The smallest absolute Gasteiger partial charge is 0.389 e. The molecule has 1 aliphatic heterocycles. The molecule has 1 aromatic carbocycles. The summed E-state index contributed by atoms with van der Waals surface area (Å²) in [5.41, 5.74) is -2.70. The van der Waals surface area contributed by atoms with Crippen molar-refractivity contribution in [1.29, 1.82) is 0 Å². The average Bonchev–Trinajstić information content (AvgIpc) is 2.73. The summed E-state index contributed by atoms with van der Waals surface area (Å²) in [6, 6.07) is 1.96. The molecule has 1 heterocycles. The molecule has 0 N–H and O–H groups in total. The molecule has 23 heavy (non-hydrogen) atoms. The molecule has 1 aromatic rings. The van der Waals surface area contributed by atoms with Crippen LogP contribution in [0.3, 0.4) is 0 Å². The van der Waals surface area contributed by atoms with Gasteiger partial charge in [0.25, 0.3) is 0 Å². The van der Waals surface area contributed by atoms with Crippen molar-refractivity contribution in [3.05, 3.63) is 35.4 Å². The molecule has 2 rings (SSSR count). The zero-order valence-corrected chi connectivity index (χ0v) is 12.8. The molecule has 128 valence electrons. The second-order valence-corrected chi connectivity index (χ2v) is 7.65. The summed E-state index contributed by atoms with van der Waals surface area (Å²) in [4.78, 5) is 4.75. The van der Waals surface area contributed by atoms with E-state index < -0.39 is 55.5 Å². The van der Waals surface area contributed by atoms with Crippen molar-refractivity contribution in [2.75, 3.05) is 0 Å². The van der Waals surface area contributed by atoms with Crippen LogP contribution in [0.5, 0.6) is 0 Å². The first-order valence-electron chi connectivity index (χ1n) is 6.36. The van der Waals surface area contributed by atoms with Gasteiger partial charge < -0.3 is 4.84 Å². The lowest BCUT2D eigenvalue weighted by atomic mass is 10.1. The van der Waals surface area contributed by atoms with E-state index in [1.165, 1.54) is 13.8 Å². The summed E-state index contributed by atoms with van der Waals surface area (Å²) in [5.74, 6) is -3.20. The number of rotatable bonds is 2. The molecular formula is C13H12F5NO3S. The number of halogens is 5. The van der Waals surface area contributed by atoms with E-state index in [0.29, 0.717) is 12.1 Å². The van der Waals surface area contributed by atoms with E-state index in [4.69, 9.17) is 4.84 Å². The highest BCUT2D eigenvalue weighted by atomic mass is 32.2. The van der Waals surface area contributed by atoms with Gasteiger partial charge in [0, 0.05) is 6.42 Å². The Hall–Kier alpha value is -1.71. The van der Waals surface area contributed by atoms with Gasteiger partial charge >= 0.3 is 6.18 Å². The Balaban J connectivity index is 2.62. The number of sulfone groups is 1. The summed E-state index contributed by atoms with van der Waals surface area (Å²) in [5, 5.41) is -1.13. The van der Waals surface area contributed by atoms with Gasteiger partial charge in [-0.15, -0.1) is 0 Å². The summed E-state index contributed by atoms with van der Waals surface area (Å²) in [7, 11) is -5.21. The van der Waals surface area contributed by atoms with Crippen LogP contribution in [0.25, 0.3) is 0 Å². The first kappa shape index (κ1) is 17.6. The van der Waals surface area contributed by atoms with Crippen molar-refractivity contribution in [2.45, 2.75) is 37.3 Å². The van der Waals surface area contributed by atoms with E-state index in [-0.39, 0.29) is 0 Å². The molecular weight excluding hydrogens is 345 g/mol. The van der Waals surface area contributed by atoms with Crippen molar-refractivity contribution < 1.29 is 35.2 Å². The third-order valence-corrected chi connectivity index (χ3v) is 5.17. The molecule has 0 aliphatic carbocycles. The number of hydrogen-bond acceptors (Lipinski definition) is 4. The van der Waals surface area contributed by atoms with E-state index in [0.717, 1.165) is 6.07 Å². The van der Waals surface area contributed by atoms with Crippen LogP contribution < -0.4 is 0 Å². The highest BCUT2D eigenvalue weighted by Gasteiger charge is 2.55. The Kier molecular flexibility index (Phi) is 4.16. The summed E-state index contributed by atoms with van der Waals surface area (Å²) in [6.45, 7) is 2.84. The second-order valence-electron chi connectivity index (χ2n) is 5.61. The average molecular weight is 357 g/mol. The van der Waals surface area contributed by atoms with E-state index in [2.05, 4.69) is 5.16 Å². The molecule has 1 atom stereocenters. The third-order valence-electron chi connectivity index (χ3n) is 3.17. The van der Waals surface area contributed by atoms with E-state index in [9.17, 15) is 30.4 Å². The Morgan fingerprint density at radius 2 is 1.74 bits per heavy atom. The summed E-state index contributed by atoms with van der Waals surface area (Å²) >= 11 is 0. The predicted molar refractivity (Wildman–Crippen MR) is 71.3 cm³/mol. The van der Waals surface area contributed by atoms with Gasteiger partial charge in [0.1, 0.15) is 17.2 Å². The fraction of sp³-hybridized carbons (Fsp3) is 0.462. The molecule has 0 saturated heterocycles. The molecule has 10 heteroatoms. The minimum absolute atomic E-state index is 0.433. The summed E-state index contributed by atoms with van der Waals surface area (Å²) in [6.07, 6.45) is -5.87. The van der Waals surface area contributed by atoms with Crippen LogP contribution >= 0.6 is 0 Å². The first-order valence-corrected chi connectivity index (χ1v) is 7.90. The van der Waals surface area contributed by atoms with Gasteiger partial charge in [-0.2, -0.15) is 13.2 Å². The second kappa shape index (κ2) is 5.43. The number of alkyl halides is 3. The molecule has 0 fully saturated rings. The Labute approximate surface area is 128 Å². The Bertz CT molecular complexity index is 735. The molecule has 1 unspecified atom stereocenters. The van der Waals surface area contributed by atoms with Crippen molar-refractivity contribution in [2.24, 2.45) is 5.16 Å². The van der Waals surface area contributed by atoms with Crippen LogP contribution in [-0.4, -0.2) is 25.2 Å². The van der Waals surface area contributed by atoms with E-state index in [1.807, 2.05) is 0 Å². The maximum Gasteiger partial charge on any atom is 0.410 e. The highest BCUT2D eigenvalue weighted by Crippen LogP contribution is 2.43. The normalized spacial score (nSPS) is 19.2. The highest BCUT2D eigenvalue weighted by molar-refractivity contribution is 8.06. The van der Waals surface area contributed by atoms with Crippen LogP contribution in [0.2, 0.25) is 0 Å². The molecule has 0 saturated carbocycles. The fourth-order valence-electron chi connectivity index (χ4n) is 2.15. The van der Waals surface area contributed by atoms with Gasteiger partial charge in [-0.25, -0.2) is 17.2 Å². The maximum atomic E-state index is 13.7. The fourth-order valence-corrected chi connectivity index (χ4v) is 4.00. The number of oxime groups is 1. The van der Waals surface area contributed by atoms with Gasteiger partial charge in [0.05, 0.1) is 5.56 Å². The lowest BCUT2D eigenvalue weighted by Crippen LogP contribution is -2.35. The van der Waals surface area contributed by atoms with Crippen molar-refractivity contribution >= 4 is 14.9 Å². The third kappa shape index (κ3) is 3.31. The van der Waals surface area contributed by atoms with Crippen molar-refractivity contribution in [3.8, 4) is 0 Å². The molecule has 0 amide bonds. The largest absolute Gasteiger partial charge is 0.410 e. The van der Waals surface area contributed by atoms with E-state index in [1.54, 1.807) is 0 Å². The van der Waals surface area contributed by atoms with Gasteiger partial charge in [-0.3, -0.25) is 0 Å². The number of nitrogens with zero attached hydrogens (tertiary/aromatic N) is 1. The summed E-state index contributed by atoms with van der Waals surface area (Å²) < 4.78 is 92.0. The maximum absolute atomic E-state index is 13.7. The Morgan fingerprint density at radius 3 is 2.13 bits per heavy atom. The molecule has 0 aromatic heterocycles. The lowest BCUT2D eigenvalue weighted by Gasteiger charge is -2.21. The van der Waals surface area contributed by atoms with E-state index >= 15 is 0 Å². The minimum Gasteiger partial charge on any atom is -0.389 e. The lowest BCUT2D eigenvalue weighted by molar-refractivity contribution is -0.132. The SMILES string of the molecule is CC1(C)CC(S(=O)(=O)C(c2c(F)cccc2F)C(F)(F)F)=NO1. The molecule has 4 nitrogen and oxygen atoms in total. The van der Waals surface area contributed by atoms with Gasteiger partial charge in [0.2, 0.25) is 9.84 Å². The standard InChI is InChI=1S/C13H12F5NO3S/c1-12(2)6-9(19-22-12)23(20,21)11(13(16,17)18)10-7(14)4-3-5-8(10)15/h3-5,11H,6H2,1-2H3. The van der Waals surface area contributed by atoms with Gasteiger partial charge in [-0.05, 0) is 26.0 Å². The van der Waals surface area contributed by atoms with Crippen molar-refractivity contribution in [3.63, 3.8) is 0 Å². The zero-order valence-electron chi connectivity index (χ0n) is 12.0. The predicted octanol–water partition coefficient (Wildman–Crippen LogP) is 3.50. The topological polar surface area (TPSA) is 55.7 Å². The quantitative estimate of drug-likeness (QED) is 0.762. The molecule has 0 bridgehead atoms. The van der Waals surface area contributed by atoms with Gasteiger partial charge in [-0.1, -0.05) is 11.2 Å². The molecule has 1 aliphatic rings. The van der Waals surface area contributed by atoms with Crippen LogP contribution in [0.1, 0.15) is 31.1 Å².